The molecule has 482 valence electrons. The van der Waals surface area contributed by atoms with Crippen molar-refractivity contribution in [2.24, 2.45) is 0 Å². The molecule has 3 heterocycles. The van der Waals surface area contributed by atoms with E-state index in [0.29, 0.717) is 28.2 Å². The van der Waals surface area contributed by atoms with Crippen molar-refractivity contribution in [2.75, 3.05) is 9.80 Å². The van der Waals surface area contributed by atoms with Crippen LogP contribution in [0.3, 0.4) is 0 Å². The number of anilines is 6. The van der Waals surface area contributed by atoms with Crippen LogP contribution in [0.2, 0.25) is 0 Å². The quantitative estimate of drug-likeness (QED) is 0.142. The highest BCUT2D eigenvalue weighted by atomic mass is 15.2. The number of para-hydroxylation sites is 2. The third kappa shape index (κ3) is 11.0. The van der Waals surface area contributed by atoms with Gasteiger partial charge in [-0.3, -0.25) is 0 Å². The van der Waals surface area contributed by atoms with Crippen molar-refractivity contribution in [3.63, 3.8) is 0 Å². The second-order valence-electron chi connectivity index (χ2n) is 32.2. The molecule has 5 heteroatoms. The van der Waals surface area contributed by atoms with Crippen molar-refractivity contribution >= 4 is 79.0 Å². The van der Waals surface area contributed by atoms with E-state index in [1.54, 1.807) is 0 Å². The lowest BCUT2D eigenvalue weighted by Crippen LogP contribution is -2.61. The Bertz CT molecular complexity index is 5480. The standard InChI is InChI=1S/C93H87BN4/c1-89(2,3)67-46-64(47-68(54-67)90(4,5)6)63-43-45-78-84(51-63)98(88-74(60-32-21-17-22-33-60)56-71(93(13,14)15)57-75(88)61-34-23-18-24-35-61)86-53-66(65-48-69(91(7,8)9)55-70(49-65)92(10,11)12)52-85-87(86)94(78)77-44-42-62(59-30-19-16-20-31-59)50-83(77)97(85)82-41-29-40-81(76(82)58-95)96-79-38-27-25-36-72(79)73-37-26-28-39-80(73)96/h16-57H,1-15H3/i16D,19D,20D,30D,31D. The molecule has 0 saturated heterocycles. The Morgan fingerprint density at radius 3 is 1.18 bits per heavy atom. The van der Waals surface area contributed by atoms with Crippen LogP contribution in [-0.4, -0.2) is 11.3 Å². The van der Waals surface area contributed by atoms with Gasteiger partial charge in [0.1, 0.15) is 11.6 Å². The van der Waals surface area contributed by atoms with Crippen molar-refractivity contribution in [2.45, 2.75) is 131 Å². The topological polar surface area (TPSA) is 35.2 Å². The van der Waals surface area contributed by atoms with Gasteiger partial charge in [0.2, 0.25) is 0 Å². The monoisotopic (exact) mass is 1280 g/mol. The maximum absolute atomic E-state index is 12.4. The van der Waals surface area contributed by atoms with E-state index >= 15 is 0 Å². The zero-order chi connectivity index (χ0) is 72.9. The van der Waals surface area contributed by atoms with E-state index in [1.165, 1.54) is 27.8 Å². The maximum atomic E-state index is 12.4. The Labute approximate surface area is 588 Å². The first-order chi connectivity index (χ1) is 48.8. The number of fused-ring (bicyclic) bond motifs is 7. The molecule has 0 unspecified atom stereocenters. The minimum absolute atomic E-state index is 0.0924. The van der Waals surface area contributed by atoms with E-state index in [0.717, 1.165) is 105 Å². The molecule has 0 fully saturated rings. The normalized spacial score (nSPS) is 13.9. The Kier molecular flexibility index (Phi) is 13.8. The molecule has 4 nitrogen and oxygen atoms in total. The highest BCUT2D eigenvalue weighted by molar-refractivity contribution is 7.00. The molecule has 0 bridgehead atoms. The van der Waals surface area contributed by atoms with E-state index in [9.17, 15) is 8.00 Å². The largest absolute Gasteiger partial charge is 0.310 e. The van der Waals surface area contributed by atoms with Crippen LogP contribution in [0, 0.1) is 11.3 Å². The fraction of sp³-hybridized carbons (Fsp3) is 0.215. The van der Waals surface area contributed by atoms with Gasteiger partial charge in [-0.2, -0.15) is 5.26 Å². The molecular weight excluding hydrogens is 1180 g/mol. The van der Waals surface area contributed by atoms with Crippen molar-refractivity contribution < 1.29 is 6.85 Å². The summed E-state index contributed by atoms with van der Waals surface area (Å²) < 4.78 is 48.2. The minimum Gasteiger partial charge on any atom is -0.310 e. The van der Waals surface area contributed by atoms with Crippen LogP contribution in [0.25, 0.3) is 83.1 Å². The summed E-state index contributed by atoms with van der Waals surface area (Å²) in [5, 5.41) is 14.5. The van der Waals surface area contributed by atoms with Gasteiger partial charge in [-0.25, -0.2) is 0 Å². The fourth-order valence-corrected chi connectivity index (χ4v) is 14.9. The molecule has 1 aromatic heterocycles. The molecule has 15 rings (SSSR count). The van der Waals surface area contributed by atoms with Gasteiger partial charge >= 0.3 is 0 Å². The Morgan fingerprint density at radius 1 is 0.327 bits per heavy atom. The van der Waals surface area contributed by atoms with E-state index in [2.05, 4.69) is 318 Å². The lowest BCUT2D eigenvalue weighted by Gasteiger charge is -2.46. The second kappa shape index (κ2) is 23.4. The molecule has 2 aliphatic rings. The van der Waals surface area contributed by atoms with Crippen molar-refractivity contribution in [3.8, 4) is 67.4 Å². The van der Waals surface area contributed by atoms with E-state index in [1.807, 2.05) is 30.3 Å². The molecule has 0 N–H and O–H groups in total. The summed E-state index contributed by atoms with van der Waals surface area (Å²) in [6, 6.07) is 82.7. The highest BCUT2D eigenvalue weighted by Crippen LogP contribution is 2.54. The van der Waals surface area contributed by atoms with E-state index in [4.69, 9.17) is 4.11 Å². The number of nitriles is 1. The molecule has 2 aliphatic heterocycles. The average molecular weight is 1280 g/mol. The molecule has 12 aromatic carbocycles. The van der Waals surface area contributed by atoms with Crippen LogP contribution >= 0.6 is 0 Å². The van der Waals surface area contributed by atoms with E-state index in [-0.39, 0.29) is 44.7 Å². The zero-order valence-corrected chi connectivity index (χ0v) is 59.2. The van der Waals surface area contributed by atoms with E-state index < -0.39 is 24.8 Å². The second-order valence-corrected chi connectivity index (χ2v) is 32.2. The van der Waals surface area contributed by atoms with Gasteiger partial charge < -0.3 is 14.4 Å². The van der Waals surface area contributed by atoms with Gasteiger partial charge in [-0.05, 0) is 176 Å². The summed E-state index contributed by atoms with van der Waals surface area (Å²) in [6.07, 6.45) is 0. The summed E-state index contributed by atoms with van der Waals surface area (Å²) in [6.45, 7) is 33.9. The Balaban J connectivity index is 1.16. The fourth-order valence-electron chi connectivity index (χ4n) is 14.9. The summed E-state index contributed by atoms with van der Waals surface area (Å²) in [7, 11) is 0. The lowest BCUT2D eigenvalue weighted by atomic mass is 9.33. The number of nitrogens with zero attached hydrogens (tertiary/aromatic N) is 4. The van der Waals surface area contributed by atoms with Gasteiger partial charge in [0, 0.05) is 44.6 Å². The van der Waals surface area contributed by atoms with Crippen LogP contribution in [0.4, 0.5) is 34.1 Å². The van der Waals surface area contributed by atoms with Crippen LogP contribution in [-0.2, 0) is 27.1 Å². The van der Waals surface area contributed by atoms with Gasteiger partial charge in [-0.1, -0.05) is 298 Å². The molecule has 0 atom stereocenters. The average Bonchev–Trinajstić information content (AvgIpc) is 1.15. The lowest BCUT2D eigenvalue weighted by molar-refractivity contribution is 0.568. The number of rotatable bonds is 8. The summed E-state index contributed by atoms with van der Waals surface area (Å²) in [5.74, 6) is 0. The molecule has 0 aliphatic carbocycles. The van der Waals surface area contributed by atoms with Crippen LogP contribution in [0.5, 0.6) is 0 Å². The third-order valence-electron chi connectivity index (χ3n) is 20.4. The summed E-state index contributed by atoms with van der Waals surface area (Å²) >= 11 is 0. The molecule has 0 saturated carbocycles. The predicted molar refractivity (Wildman–Crippen MR) is 420 cm³/mol. The number of hydrogen-bond donors (Lipinski definition) is 0. The summed E-state index contributed by atoms with van der Waals surface area (Å²) in [5.41, 5.74) is 25.2. The molecule has 13 aromatic rings. The molecular formula is C93H87BN4. The van der Waals surface area contributed by atoms with Gasteiger partial charge in [-0.15, -0.1) is 0 Å². The Morgan fingerprint density at radius 2 is 0.714 bits per heavy atom. The third-order valence-corrected chi connectivity index (χ3v) is 20.4. The minimum atomic E-state index is -0.475. The molecule has 0 spiro atoms. The predicted octanol–water partition coefficient (Wildman–Crippen LogP) is 23.6. The van der Waals surface area contributed by atoms with Crippen molar-refractivity contribution in [1.29, 1.82) is 5.26 Å². The Hall–Kier alpha value is -10.4. The first-order valence-electron chi connectivity index (χ1n) is 37.1. The zero-order valence-electron chi connectivity index (χ0n) is 64.2. The van der Waals surface area contributed by atoms with Crippen LogP contribution < -0.4 is 26.2 Å². The highest BCUT2D eigenvalue weighted by Gasteiger charge is 2.46. The van der Waals surface area contributed by atoms with Crippen molar-refractivity contribution in [1.82, 2.24) is 4.57 Å². The first kappa shape index (κ1) is 57.8. The first-order valence-corrected chi connectivity index (χ1v) is 34.6. The van der Waals surface area contributed by atoms with Crippen molar-refractivity contribution in [3.05, 3.63) is 288 Å². The summed E-state index contributed by atoms with van der Waals surface area (Å²) in [4.78, 5) is 4.86. The van der Waals surface area contributed by atoms with Gasteiger partial charge in [0.05, 0.1) is 34.9 Å². The number of aromatic nitrogens is 1. The maximum Gasteiger partial charge on any atom is 0.252 e. The molecule has 0 amide bonds. The van der Waals surface area contributed by atoms with Gasteiger partial charge in [0.25, 0.3) is 6.71 Å². The smallest absolute Gasteiger partial charge is 0.252 e. The van der Waals surface area contributed by atoms with Crippen LogP contribution in [0.15, 0.2) is 255 Å². The number of benzene rings is 12. The molecule has 98 heavy (non-hydrogen) atoms. The number of hydrogen-bond acceptors (Lipinski definition) is 3. The van der Waals surface area contributed by atoms with Gasteiger partial charge in [0.15, 0.2) is 0 Å². The molecule has 0 radical (unpaired) electrons. The SMILES string of the molecule is [2H]c1c([2H])c([2H])c(-c2ccc3c(c2)N(c2cccc(-n4c5ccccc5c5ccccc54)c2C#N)c2cc(-c4cc(C(C)(C)C)cc(C(C)(C)C)c4)cc4c2B3c2ccc(-c3cc(C(C)(C)C)cc(C(C)(C)C)c3)cc2N4c2c(-c3ccccc3)cc(C(C)(C)C)cc2-c2ccccc2)c([2H])c1[2H]. The van der Waals surface area contributed by atoms with Crippen LogP contribution in [0.1, 0.15) is 144 Å².